The number of hydrogen-bond acceptors (Lipinski definition) is 3. The highest BCUT2D eigenvalue weighted by Gasteiger charge is 2.27. The highest BCUT2D eigenvalue weighted by Crippen LogP contribution is 2.23. The van der Waals surface area contributed by atoms with Crippen LogP contribution in [-0.4, -0.2) is 41.1 Å². The van der Waals surface area contributed by atoms with Gasteiger partial charge in [-0.15, -0.1) is 0 Å². The van der Waals surface area contributed by atoms with Gasteiger partial charge < -0.3 is 9.64 Å². The number of amides is 1. The van der Waals surface area contributed by atoms with Crippen LogP contribution < -0.4 is 0 Å². The fourth-order valence-corrected chi connectivity index (χ4v) is 3.03. The summed E-state index contributed by atoms with van der Waals surface area (Å²) in [7, 11) is 0. The van der Waals surface area contributed by atoms with Crippen LogP contribution in [0.5, 0.6) is 0 Å². The number of nitrogens with zero attached hydrogens (tertiary/aromatic N) is 2. The van der Waals surface area contributed by atoms with Gasteiger partial charge in [-0.25, -0.2) is 4.98 Å². The first-order valence-electron chi connectivity index (χ1n) is 7.04. The third-order valence-electron chi connectivity index (χ3n) is 3.62. The Bertz CT molecular complexity index is 679. The van der Waals surface area contributed by atoms with Gasteiger partial charge in [-0.3, -0.25) is 4.79 Å². The van der Waals surface area contributed by atoms with Crippen LogP contribution in [0.4, 0.5) is 0 Å². The molecule has 2 unspecified atom stereocenters. The van der Waals surface area contributed by atoms with Crippen molar-refractivity contribution in [1.82, 2.24) is 9.88 Å². The molecule has 1 aliphatic heterocycles. The first-order chi connectivity index (χ1) is 10.0. The molecule has 2 atom stereocenters. The Hall–Kier alpha value is -1.65. The minimum Gasteiger partial charge on any atom is -0.372 e. The van der Waals surface area contributed by atoms with E-state index >= 15 is 0 Å². The third-order valence-corrected chi connectivity index (χ3v) is 3.91. The van der Waals surface area contributed by atoms with Gasteiger partial charge in [-0.2, -0.15) is 0 Å². The van der Waals surface area contributed by atoms with Crippen LogP contribution in [0.25, 0.3) is 10.8 Å². The fourth-order valence-electron chi connectivity index (χ4n) is 2.77. The topological polar surface area (TPSA) is 42.4 Å². The molecule has 0 aliphatic carbocycles. The maximum absolute atomic E-state index is 12.6. The summed E-state index contributed by atoms with van der Waals surface area (Å²) in [6.07, 6.45) is 0.0715. The van der Waals surface area contributed by atoms with E-state index in [2.05, 4.69) is 4.98 Å². The number of halogens is 1. The highest BCUT2D eigenvalue weighted by molar-refractivity contribution is 6.34. The number of morpholine rings is 1. The molecule has 5 heteroatoms. The molecule has 1 aliphatic rings. The number of aromatic nitrogens is 1. The number of carbonyl (C=O) groups excluding carboxylic acids is 1. The number of ether oxygens (including phenoxy) is 1. The van der Waals surface area contributed by atoms with Gasteiger partial charge in [0, 0.05) is 18.5 Å². The molecule has 1 aromatic carbocycles. The second kappa shape index (κ2) is 5.62. The Morgan fingerprint density at radius 2 is 1.95 bits per heavy atom. The predicted octanol–water partition coefficient (Wildman–Crippen LogP) is 3.14. The van der Waals surface area contributed by atoms with E-state index in [1.54, 1.807) is 11.0 Å². The maximum Gasteiger partial charge on any atom is 0.272 e. The standard InChI is InChI=1S/C16H17ClN2O2/c1-10-8-19(9-11(2)21-10)16(20)14-7-12-5-3-4-6-13(12)15(17)18-14/h3-7,10-11H,8-9H2,1-2H3. The fraction of sp³-hybridized carbons (Fsp3) is 0.375. The van der Waals surface area contributed by atoms with E-state index < -0.39 is 0 Å². The highest BCUT2D eigenvalue weighted by atomic mass is 35.5. The van der Waals surface area contributed by atoms with Crippen LogP contribution in [0.1, 0.15) is 24.3 Å². The molecule has 3 rings (SSSR count). The quantitative estimate of drug-likeness (QED) is 0.760. The van der Waals surface area contributed by atoms with E-state index in [4.69, 9.17) is 16.3 Å². The zero-order valence-electron chi connectivity index (χ0n) is 12.0. The summed E-state index contributed by atoms with van der Waals surface area (Å²) in [5, 5.41) is 2.15. The average molecular weight is 305 g/mol. The van der Waals surface area contributed by atoms with Crippen molar-refractivity contribution in [2.24, 2.45) is 0 Å². The van der Waals surface area contributed by atoms with Crippen LogP contribution in [-0.2, 0) is 4.74 Å². The molecule has 0 radical (unpaired) electrons. The molecule has 4 nitrogen and oxygen atoms in total. The van der Waals surface area contributed by atoms with Crippen LogP contribution in [0, 0.1) is 0 Å². The minimum atomic E-state index is -0.0929. The van der Waals surface area contributed by atoms with Crippen molar-refractivity contribution in [1.29, 1.82) is 0 Å². The van der Waals surface area contributed by atoms with Crippen LogP contribution in [0.3, 0.4) is 0 Å². The van der Waals surface area contributed by atoms with E-state index in [-0.39, 0.29) is 18.1 Å². The van der Waals surface area contributed by atoms with Crippen molar-refractivity contribution in [3.05, 3.63) is 41.2 Å². The van der Waals surface area contributed by atoms with Gasteiger partial charge >= 0.3 is 0 Å². The molecular formula is C16H17ClN2O2. The monoisotopic (exact) mass is 304 g/mol. The van der Waals surface area contributed by atoms with Crippen molar-refractivity contribution in [2.75, 3.05) is 13.1 Å². The molecule has 21 heavy (non-hydrogen) atoms. The van der Waals surface area contributed by atoms with Gasteiger partial charge in [0.2, 0.25) is 0 Å². The van der Waals surface area contributed by atoms with Gasteiger partial charge in [-0.05, 0) is 25.3 Å². The Morgan fingerprint density at radius 1 is 1.29 bits per heavy atom. The Kier molecular flexibility index (Phi) is 3.83. The van der Waals surface area contributed by atoms with Crippen LogP contribution in [0.2, 0.25) is 5.15 Å². The number of rotatable bonds is 1. The van der Waals surface area contributed by atoms with E-state index in [1.807, 2.05) is 38.1 Å². The Morgan fingerprint density at radius 3 is 2.67 bits per heavy atom. The minimum absolute atomic E-state index is 0.0358. The van der Waals surface area contributed by atoms with Gasteiger partial charge in [0.1, 0.15) is 10.8 Å². The van der Waals surface area contributed by atoms with E-state index in [0.29, 0.717) is 23.9 Å². The largest absolute Gasteiger partial charge is 0.372 e. The van der Waals surface area contributed by atoms with Gasteiger partial charge in [0.05, 0.1) is 12.2 Å². The summed E-state index contributed by atoms with van der Waals surface area (Å²) >= 11 is 6.20. The van der Waals surface area contributed by atoms with Crippen LogP contribution >= 0.6 is 11.6 Å². The normalized spacial score (nSPS) is 22.5. The zero-order chi connectivity index (χ0) is 15.0. The van der Waals surface area contributed by atoms with Gasteiger partial charge in [0.15, 0.2) is 0 Å². The number of carbonyl (C=O) groups is 1. The Labute approximate surface area is 128 Å². The van der Waals surface area contributed by atoms with E-state index in [9.17, 15) is 4.79 Å². The zero-order valence-corrected chi connectivity index (χ0v) is 12.8. The number of benzene rings is 1. The van der Waals surface area contributed by atoms with Gasteiger partial charge in [0.25, 0.3) is 5.91 Å². The lowest BCUT2D eigenvalue weighted by Crippen LogP contribution is -2.48. The molecule has 0 N–H and O–H groups in total. The summed E-state index contributed by atoms with van der Waals surface area (Å²) in [6, 6.07) is 9.46. The number of fused-ring (bicyclic) bond motifs is 1. The van der Waals surface area contributed by atoms with Crippen molar-refractivity contribution in [3.8, 4) is 0 Å². The lowest BCUT2D eigenvalue weighted by Gasteiger charge is -2.35. The molecule has 0 bridgehead atoms. The second-order valence-corrected chi connectivity index (χ2v) is 5.84. The molecular weight excluding hydrogens is 288 g/mol. The SMILES string of the molecule is CC1CN(C(=O)c2cc3ccccc3c(Cl)n2)CC(C)O1. The van der Waals surface area contributed by atoms with Gasteiger partial charge in [-0.1, -0.05) is 35.9 Å². The summed E-state index contributed by atoms with van der Waals surface area (Å²) in [4.78, 5) is 18.7. The molecule has 1 aromatic heterocycles. The lowest BCUT2D eigenvalue weighted by molar-refractivity contribution is -0.0587. The molecule has 2 aromatic rings. The molecule has 1 amide bonds. The summed E-state index contributed by atoms with van der Waals surface area (Å²) in [5.41, 5.74) is 0.389. The molecule has 1 saturated heterocycles. The summed E-state index contributed by atoms with van der Waals surface area (Å²) in [5.74, 6) is -0.0929. The Balaban J connectivity index is 1.94. The first kappa shape index (κ1) is 14.3. The van der Waals surface area contributed by atoms with Crippen molar-refractivity contribution in [2.45, 2.75) is 26.1 Å². The average Bonchev–Trinajstić information content (AvgIpc) is 2.45. The van der Waals surface area contributed by atoms with Crippen LogP contribution in [0.15, 0.2) is 30.3 Å². The molecule has 0 spiro atoms. The molecule has 1 fully saturated rings. The summed E-state index contributed by atoms with van der Waals surface area (Å²) < 4.78 is 5.66. The van der Waals surface area contributed by atoms with Crippen molar-refractivity contribution >= 4 is 28.3 Å². The molecule has 110 valence electrons. The maximum atomic E-state index is 12.6. The number of hydrogen-bond donors (Lipinski definition) is 0. The van der Waals surface area contributed by atoms with E-state index in [0.717, 1.165) is 10.8 Å². The third kappa shape index (κ3) is 2.87. The first-order valence-corrected chi connectivity index (χ1v) is 7.42. The van der Waals surface area contributed by atoms with Crippen molar-refractivity contribution in [3.63, 3.8) is 0 Å². The molecule has 0 saturated carbocycles. The van der Waals surface area contributed by atoms with E-state index in [1.165, 1.54) is 0 Å². The number of pyridine rings is 1. The second-order valence-electron chi connectivity index (χ2n) is 5.49. The molecule has 2 heterocycles. The van der Waals surface area contributed by atoms with Crippen molar-refractivity contribution < 1.29 is 9.53 Å². The summed E-state index contributed by atoms with van der Waals surface area (Å²) in [6.45, 7) is 5.10. The predicted molar refractivity (Wildman–Crippen MR) is 82.7 cm³/mol. The lowest BCUT2D eigenvalue weighted by atomic mass is 10.1. The smallest absolute Gasteiger partial charge is 0.272 e.